The first kappa shape index (κ1) is 29.9. The molecule has 3 fully saturated rings. The summed E-state index contributed by atoms with van der Waals surface area (Å²) in [6.07, 6.45) is -2.30. The summed E-state index contributed by atoms with van der Waals surface area (Å²) in [6, 6.07) is 7.16. The van der Waals surface area contributed by atoms with E-state index in [0.29, 0.717) is 45.4 Å². The Bertz CT molecular complexity index is 1480. The standard InChI is InChI=1S/C31H33NO13/c1-4-5-38-27-19(36-2)6-13(7-20(27)37-3)22-14-8-17-18(42-12-41-17)9-15(14)26(16-10-39-29(35)23(16)22)44-30-25(34)24(33)28-21(43-30)11-40-31(32)45-28/h1,6-9,16,21-26,28,30-31,33-34H,5,10-12,32H2,2-3H3/t16-,21+,22+,23-,24+,25+,26+,28+,30-,31+/m0/s1. The number of carbonyl (C=O) groups is 1. The van der Waals surface area contributed by atoms with Crippen molar-refractivity contribution >= 4 is 5.97 Å². The van der Waals surface area contributed by atoms with E-state index in [-0.39, 0.29) is 26.6 Å². The summed E-state index contributed by atoms with van der Waals surface area (Å²) in [5.74, 6) is 2.23. The summed E-state index contributed by atoms with van der Waals surface area (Å²) in [5.41, 5.74) is 7.76. The maximum atomic E-state index is 13.5. The molecule has 240 valence electrons. The molecule has 1 aliphatic carbocycles. The molecular formula is C31H33NO13. The largest absolute Gasteiger partial charge is 0.493 e. The average molecular weight is 628 g/mol. The molecule has 4 aliphatic heterocycles. The third kappa shape index (κ3) is 5.01. The molecule has 2 aromatic carbocycles. The molecule has 45 heavy (non-hydrogen) atoms. The zero-order chi connectivity index (χ0) is 31.4. The number of aliphatic hydroxyl groups is 2. The molecule has 3 saturated heterocycles. The van der Waals surface area contributed by atoms with Gasteiger partial charge in [-0.1, -0.05) is 5.92 Å². The van der Waals surface area contributed by atoms with Gasteiger partial charge in [0.05, 0.1) is 39.5 Å². The quantitative estimate of drug-likeness (QED) is 0.286. The highest BCUT2D eigenvalue weighted by atomic mass is 16.8. The number of terminal acetylenes is 1. The van der Waals surface area contributed by atoms with E-state index in [9.17, 15) is 15.0 Å². The fraction of sp³-hybridized carbons (Fsp3) is 0.516. The molecule has 4 heterocycles. The fourth-order valence-corrected chi connectivity index (χ4v) is 6.87. The van der Waals surface area contributed by atoms with Crippen LogP contribution in [0.3, 0.4) is 0 Å². The van der Waals surface area contributed by atoms with Crippen molar-refractivity contribution in [3.05, 3.63) is 41.0 Å². The molecule has 0 bridgehead atoms. The third-order valence-corrected chi connectivity index (χ3v) is 8.90. The number of fused-ring (bicyclic) bond motifs is 4. The Morgan fingerprint density at radius 1 is 0.978 bits per heavy atom. The summed E-state index contributed by atoms with van der Waals surface area (Å²) >= 11 is 0. The number of carbonyl (C=O) groups excluding carboxylic acids is 1. The number of esters is 1. The van der Waals surface area contributed by atoms with Gasteiger partial charge in [-0.05, 0) is 41.0 Å². The molecular weight excluding hydrogens is 594 g/mol. The minimum absolute atomic E-state index is 0.00566. The van der Waals surface area contributed by atoms with Gasteiger partial charge in [0.25, 0.3) is 0 Å². The maximum Gasteiger partial charge on any atom is 0.310 e. The topological polar surface area (TPSA) is 176 Å². The second-order valence-electron chi connectivity index (χ2n) is 11.3. The van der Waals surface area contributed by atoms with Crippen LogP contribution in [0.4, 0.5) is 0 Å². The van der Waals surface area contributed by atoms with E-state index in [0.717, 1.165) is 0 Å². The number of benzene rings is 2. The van der Waals surface area contributed by atoms with Crippen LogP contribution in [0, 0.1) is 24.2 Å². The Hall–Kier alpha value is -3.81. The monoisotopic (exact) mass is 627 g/mol. The molecule has 0 unspecified atom stereocenters. The summed E-state index contributed by atoms with van der Waals surface area (Å²) in [4.78, 5) is 13.5. The van der Waals surface area contributed by atoms with Crippen LogP contribution in [0.1, 0.15) is 28.7 Å². The van der Waals surface area contributed by atoms with E-state index in [1.165, 1.54) is 14.2 Å². The summed E-state index contributed by atoms with van der Waals surface area (Å²) in [7, 11) is 2.99. The highest BCUT2D eigenvalue weighted by Gasteiger charge is 2.56. The second-order valence-corrected chi connectivity index (χ2v) is 11.3. The predicted molar refractivity (Wildman–Crippen MR) is 150 cm³/mol. The lowest BCUT2D eigenvalue weighted by atomic mass is 9.66. The lowest BCUT2D eigenvalue weighted by molar-refractivity contribution is -0.366. The molecule has 10 atom stereocenters. The Kier molecular flexibility index (Phi) is 7.86. The minimum Gasteiger partial charge on any atom is -0.493 e. The van der Waals surface area contributed by atoms with Crippen LogP contribution < -0.4 is 29.4 Å². The van der Waals surface area contributed by atoms with E-state index in [1.54, 1.807) is 18.2 Å². The van der Waals surface area contributed by atoms with E-state index in [2.05, 4.69) is 5.92 Å². The van der Waals surface area contributed by atoms with Gasteiger partial charge in [-0.2, -0.15) is 0 Å². The second kappa shape index (κ2) is 11.8. The zero-order valence-corrected chi connectivity index (χ0v) is 24.5. The molecule has 4 N–H and O–H groups in total. The predicted octanol–water partition coefficient (Wildman–Crippen LogP) is 0.541. The first-order valence-corrected chi connectivity index (χ1v) is 14.4. The van der Waals surface area contributed by atoms with Gasteiger partial charge in [0.15, 0.2) is 29.3 Å². The maximum absolute atomic E-state index is 13.5. The highest BCUT2D eigenvalue weighted by molar-refractivity contribution is 5.79. The van der Waals surface area contributed by atoms with Crippen LogP contribution in [0.5, 0.6) is 28.7 Å². The highest BCUT2D eigenvalue weighted by Crippen LogP contribution is 2.57. The van der Waals surface area contributed by atoms with Gasteiger partial charge < -0.3 is 57.6 Å². The Morgan fingerprint density at radius 2 is 1.69 bits per heavy atom. The van der Waals surface area contributed by atoms with Crippen molar-refractivity contribution in [1.82, 2.24) is 0 Å². The molecule has 14 nitrogen and oxygen atoms in total. The molecule has 5 aliphatic rings. The number of aliphatic hydroxyl groups excluding tert-OH is 2. The lowest BCUT2D eigenvalue weighted by Gasteiger charge is -2.47. The van der Waals surface area contributed by atoms with Gasteiger partial charge in [0.1, 0.15) is 31.0 Å². The first-order valence-electron chi connectivity index (χ1n) is 14.4. The van der Waals surface area contributed by atoms with Gasteiger partial charge in [0, 0.05) is 11.8 Å². The van der Waals surface area contributed by atoms with Crippen LogP contribution in [0.2, 0.25) is 0 Å². The van der Waals surface area contributed by atoms with Crippen molar-refractivity contribution in [3.63, 3.8) is 0 Å². The van der Waals surface area contributed by atoms with E-state index < -0.39 is 66.9 Å². The van der Waals surface area contributed by atoms with Crippen LogP contribution in [-0.4, -0.2) is 94.1 Å². The molecule has 2 aromatic rings. The van der Waals surface area contributed by atoms with Gasteiger partial charge in [-0.15, -0.1) is 6.42 Å². The van der Waals surface area contributed by atoms with Crippen LogP contribution in [0.25, 0.3) is 0 Å². The van der Waals surface area contributed by atoms with Gasteiger partial charge in [-0.3, -0.25) is 10.5 Å². The van der Waals surface area contributed by atoms with Crippen molar-refractivity contribution in [2.75, 3.05) is 40.8 Å². The fourth-order valence-electron chi connectivity index (χ4n) is 6.87. The van der Waals surface area contributed by atoms with Crippen molar-refractivity contribution in [3.8, 4) is 41.1 Å². The number of hydrogen-bond donors (Lipinski definition) is 3. The molecule has 0 aromatic heterocycles. The van der Waals surface area contributed by atoms with Crippen molar-refractivity contribution in [2.24, 2.45) is 17.6 Å². The van der Waals surface area contributed by atoms with Crippen molar-refractivity contribution in [2.45, 2.75) is 49.1 Å². The smallest absolute Gasteiger partial charge is 0.310 e. The Balaban J connectivity index is 1.31. The molecule has 0 radical (unpaired) electrons. The zero-order valence-electron chi connectivity index (χ0n) is 24.5. The van der Waals surface area contributed by atoms with Crippen molar-refractivity contribution in [1.29, 1.82) is 0 Å². The Labute approximate surface area is 258 Å². The van der Waals surface area contributed by atoms with Crippen LogP contribution in [0.15, 0.2) is 24.3 Å². The summed E-state index contributed by atoms with van der Waals surface area (Å²) in [6.45, 7) is 0.0762. The molecule has 0 spiro atoms. The van der Waals surface area contributed by atoms with Crippen molar-refractivity contribution < 1.29 is 62.4 Å². The minimum atomic E-state index is -1.49. The number of nitrogens with two attached hydrogens (primary N) is 1. The van der Waals surface area contributed by atoms with E-state index >= 15 is 0 Å². The normalized spacial score (nSPS) is 34.5. The summed E-state index contributed by atoms with van der Waals surface area (Å²) in [5, 5.41) is 22.0. The molecule has 0 saturated carbocycles. The third-order valence-electron chi connectivity index (χ3n) is 8.90. The molecule has 14 heteroatoms. The van der Waals surface area contributed by atoms with Crippen LogP contribution >= 0.6 is 0 Å². The Morgan fingerprint density at radius 3 is 2.38 bits per heavy atom. The molecule has 7 rings (SSSR count). The number of rotatable bonds is 7. The summed E-state index contributed by atoms with van der Waals surface area (Å²) < 4.78 is 57.4. The number of ether oxygens (including phenoxy) is 10. The van der Waals surface area contributed by atoms with E-state index in [1.807, 2.05) is 6.07 Å². The number of hydrogen-bond acceptors (Lipinski definition) is 14. The van der Waals surface area contributed by atoms with Gasteiger partial charge in [-0.25, -0.2) is 0 Å². The van der Waals surface area contributed by atoms with Crippen LogP contribution in [-0.2, 0) is 28.5 Å². The first-order chi connectivity index (χ1) is 21.8. The SMILES string of the molecule is C#CCOc1c(OC)cc([C@@H]2c3cc4c(cc3[C@@H](O[C@@H]3O[C@@H]5CO[C@@H](N)O[C@H]5[C@H](O)[C@H]3O)[C@H]3COC(=O)[C@H]23)OCO4)cc1OC. The molecule has 0 amide bonds. The van der Waals surface area contributed by atoms with Gasteiger partial charge >= 0.3 is 5.97 Å². The lowest BCUT2D eigenvalue weighted by Crippen LogP contribution is -2.64. The number of cyclic esters (lactones) is 1. The average Bonchev–Trinajstić information content (AvgIpc) is 3.67. The van der Waals surface area contributed by atoms with Gasteiger partial charge in [0.2, 0.25) is 19.0 Å². The van der Waals surface area contributed by atoms with E-state index in [4.69, 9.17) is 59.5 Å². The number of methoxy groups -OCH3 is 2.